The zero-order valence-corrected chi connectivity index (χ0v) is 9.65. The summed E-state index contributed by atoms with van der Waals surface area (Å²) in [5, 5.41) is 3.35. The molecule has 0 aromatic rings. The van der Waals surface area contributed by atoms with Crippen molar-refractivity contribution in [3.63, 3.8) is 0 Å². The Kier molecular flexibility index (Phi) is 5.55. The van der Waals surface area contributed by atoms with Crippen LogP contribution in [0.15, 0.2) is 0 Å². The Balaban J connectivity index is 1.89. The zero-order valence-electron chi connectivity index (χ0n) is 9.65. The lowest BCUT2D eigenvalue weighted by atomic mass is 10.1. The Bertz CT molecular complexity index is 196. The van der Waals surface area contributed by atoms with Crippen molar-refractivity contribution < 1.29 is 17.9 Å². The summed E-state index contributed by atoms with van der Waals surface area (Å²) in [7, 11) is 0. The third-order valence-electron chi connectivity index (χ3n) is 2.86. The first-order chi connectivity index (χ1) is 7.47. The van der Waals surface area contributed by atoms with Crippen molar-refractivity contribution in [3.05, 3.63) is 0 Å². The predicted octanol–water partition coefficient (Wildman–Crippen LogP) is 2.73. The summed E-state index contributed by atoms with van der Waals surface area (Å²) >= 11 is 0. The fraction of sp³-hybridized carbons (Fsp3) is 1.00. The molecule has 0 heterocycles. The lowest BCUT2D eigenvalue weighted by molar-refractivity contribution is -0.173. The van der Waals surface area contributed by atoms with Crippen LogP contribution in [0.1, 0.15) is 32.6 Å². The molecule has 2 nitrogen and oxygen atoms in total. The Morgan fingerprint density at radius 3 is 2.62 bits per heavy atom. The molecule has 0 spiro atoms. The molecule has 0 aromatic carbocycles. The fourth-order valence-electron chi connectivity index (χ4n) is 2.06. The van der Waals surface area contributed by atoms with E-state index < -0.39 is 12.8 Å². The van der Waals surface area contributed by atoms with Crippen molar-refractivity contribution in [2.75, 3.05) is 19.8 Å². The molecule has 0 amide bonds. The highest BCUT2D eigenvalue weighted by molar-refractivity contribution is 4.77. The summed E-state index contributed by atoms with van der Waals surface area (Å²) in [5.74, 6) is 0.777. The lowest BCUT2D eigenvalue weighted by Crippen LogP contribution is -2.28. The van der Waals surface area contributed by atoms with Gasteiger partial charge in [0.2, 0.25) is 0 Å². The smallest absolute Gasteiger partial charge is 0.372 e. The van der Waals surface area contributed by atoms with Crippen molar-refractivity contribution in [1.82, 2.24) is 5.32 Å². The van der Waals surface area contributed by atoms with Gasteiger partial charge in [0.05, 0.1) is 0 Å². The molecule has 1 rings (SSSR count). The van der Waals surface area contributed by atoms with E-state index in [2.05, 4.69) is 17.0 Å². The molecule has 0 bridgehead atoms. The summed E-state index contributed by atoms with van der Waals surface area (Å²) in [6.45, 7) is 2.02. The lowest BCUT2D eigenvalue weighted by Gasteiger charge is -2.12. The van der Waals surface area contributed by atoms with Gasteiger partial charge >= 0.3 is 6.18 Å². The van der Waals surface area contributed by atoms with Crippen molar-refractivity contribution in [2.45, 2.75) is 44.8 Å². The van der Waals surface area contributed by atoms with Gasteiger partial charge in [0.1, 0.15) is 6.61 Å². The second-order valence-electron chi connectivity index (χ2n) is 4.59. The quantitative estimate of drug-likeness (QED) is 0.720. The minimum Gasteiger partial charge on any atom is -0.372 e. The van der Waals surface area contributed by atoms with E-state index in [-0.39, 0.29) is 6.61 Å². The normalized spacial score (nSPS) is 26.2. The number of halogens is 3. The maximum Gasteiger partial charge on any atom is 0.411 e. The van der Waals surface area contributed by atoms with Crippen molar-refractivity contribution in [1.29, 1.82) is 0 Å². The van der Waals surface area contributed by atoms with E-state index in [1.165, 1.54) is 19.3 Å². The Labute approximate surface area is 94.5 Å². The van der Waals surface area contributed by atoms with Crippen LogP contribution in [0.4, 0.5) is 13.2 Å². The topological polar surface area (TPSA) is 21.3 Å². The second kappa shape index (κ2) is 6.45. The summed E-state index contributed by atoms with van der Waals surface area (Å²) in [6.07, 6.45) is 0.0610. The van der Waals surface area contributed by atoms with Gasteiger partial charge in [-0.05, 0) is 38.1 Å². The molecule has 0 aromatic heterocycles. The molecule has 96 valence electrons. The largest absolute Gasteiger partial charge is 0.411 e. The van der Waals surface area contributed by atoms with E-state index in [4.69, 9.17) is 0 Å². The van der Waals surface area contributed by atoms with Crippen molar-refractivity contribution >= 4 is 0 Å². The molecule has 0 aliphatic heterocycles. The third-order valence-corrected chi connectivity index (χ3v) is 2.86. The Hall–Kier alpha value is -0.290. The van der Waals surface area contributed by atoms with Gasteiger partial charge in [-0.3, -0.25) is 0 Å². The molecule has 2 unspecified atom stereocenters. The van der Waals surface area contributed by atoms with Crippen LogP contribution in [0, 0.1) is 5.92 Å². The van der Waals surface area contributed by atoms with Crippen LogP contribution in [0.3, 0.4) is 0 Å². The van der Waals surface area contributed by atoms with Crippen molar-refractivity contribution in [3.8, 4) is 0 Å². The van der Waals surface area contributed by atoms with Crippen molar-refractivity contribution in [2.24, 2.45) is 5.92 Å². The summed E-state index contributed by atoms with van der Waals surface area (Å²) < 4.78 is 39.7. The minimum absolute atomic E-state index is 0.175. The molecule has 1 N–H and O–H groups in total. The van der Waals surface area contributed by atoms with Crippen LogP contribution in [0.5, 0.6) is 0 Å². The van der Waals surface area contributed by atoms with E-state index in [9.17, 15) is 13.2 Å². The summed E-state index contributed by atoms with van der Waals surface area (Å²) in [5.41, 5.74) is 0. The van der Waals surface area contributed by atoms with E-state index >= 15 is 0 Å². The van der Waals surface area contributed by atoms with Gasteiger partial charge in [-0.25, -0.2) is 0 Å². The molecule has 1 aliphatic rings. The zero-order chi connectivity index (χ0) is 12.0. The molecule has 1 saturated carbocycles. The SMILES string of the molecule is CC1CCC(NCCCOCC(F)(F)F)C1. The van der Waals surface area contributed by atoms with Crippen LogP contribution in [-0.4, -0.2) is 32.0 Å². The summed E-state index contributed by atoms with van der Waals surface area (Å²) in [6, 6.07) is 0.553. The van der Waals surface area contributed by atoms with Gasteiger partial charge < -0.3 is 10.1 Å². The highest BCUT2D eigenvalue weighted by Crippen LogP contribution is 2.24. The first-order valence-corrected chi connectivity index (χ1v) is 5.85. The standard InChI is InChI=1S/C11H20F3NO/c1-9-3-4-10(7-9)15-5-2-6-16-8-11(12,13)14/h9-10,15H,2-8H2,1H3. The molecule has 1 aliphatic carbocycles. The maximum absolute atomic E-state index is 11.7. The number of hydrogen-bond acceptors (Lipinski definition) is 2. The molecule has 5 heteroatoms. The number of ether oxygens (including phenoxy) is 1. The highest BCUT2D eigenvalue weighted by Gasteiger charge is 2.27. The second-order valence-corrected chi connectivity index (χ2v) is 4.59. The van der Waals surface area contributed by atoms with E-state index in [1.54, 1.807) is 0 Å². The van der Waals surface area contributed by atoms with Gasteiger partial charge in [-0.1, -0.05) is 6.92 Å². The van der Waals surface area contributed by atoms with Gasteiger partial charge in [0.15, 0.2) is 0 Å². The van der Waals surface area contributed by atoms with Gasteiger partial charge in [-0.15, -0.1) is 0 Å². The molecule has 1 fully saturated rings. The van der Waals surface area contributed by atoms with E-state index in [0.29, 0.717) is 12.5 Å². The minimum atomic E-state index is -4.20. The monoisotopic (exact) mass is 239 g/mol. The molecular weight excluding hydrogens is 219 g/mol. The van der Waals surface area contributed by atoms with Crippen LogP contribution in [0.25, 0.3) is 0 Å². The maximum atomic E-state index is 11.7. The van der Waals surface area contributed by atoms with Gasteiger partial charge in [-0.2, -0.15) is 13.2 Å². The van der Waals surface area contributed by atoms with Gasteiger partial charge in [0, 0.05) is 12.6 Å². The number of alkyl halides is 3. The number of nitrogens with one attached hydrogen (secondary N) is 1. The van der Waals surface area contributed by atoms with Crippen LogP contribution < -0.4 is 5.32 Å². The Morgan fingerprint density at radius 2 is 2.06 bits per heavy atom. The summed E-state index contributed by atoms with van der Waals surface area (Å²) in [4.78, 5) is 0. The number of rotatable bonds is 6. The molecule has 2 atom stereocenters. The molecule has 16 heavy (non-hydrogen) atoms. The van der Waals surface area contributed by atoms with E-state index in [0.717, 1.165) is 12.5 Å². The highest BCUT2D eigenvalue weighted by atomic mass is 19.4. The number of hydrogen-bond donors (Lipinski definition) is 1. The van der Waals surface area contributed by atoms with Crippen LogP contribution >= 0.6 is 0 Å². The van der Waals surface area contributed by atoms with Crippen LogP contribution in [0.2, 0.25) is 0 Å². The predicted molar refractivity (Wildman–Crippen MR) is 56.3 cm³/mol. The third kappa shape index (κ3) is 6.33. The molecule has 0 saturated heterocycles. The molecular formula is C11H20F3NO. The van der Waals surface area contributed by atoms with Gasteiger partial charge in [0.25, 0.3) is 0 Å². The first-order valence-electron chi connectivity index (χ1n) is 5.85. The van der Waals surface area contributed by atoms with E-state index in [1.807, 2.05) is 0 Å². The average Bonchev–Trinajstić information content (AvgIpc) is 2.56. The molecule has 0 radical (unpaired) electrons. The fourth-order valence-corrected chi connectivity index (χ4v) is 2.06. The van der Waals surface area contributed by atoms with Crippen LogP contribution in [-0.2, 0) is 4.74 Å². The average molecular weight is 239 g/mol. The first kappa shape index (κ1) is 13.8. The Morgan fingerprint density at radius 1 is 1.31 bits per heavy atom.